The van der Waals surface area contributed by atoms with Gasteiger partial charge in [0, 0.05) is 0 Å². The van der Waals surface area contributed by atoms with Crippen molar-refractivity contribution < 1.29 is 9.47 Å². The molecule has 0 bridgehead atoms. The minimum absolute atomic E-state index is 0.331. The Morgan fingerprint density at radius 1 is 1.09 bits per heavy atom. The van der Waals surface area contributed by atoms with E-state index < -0.39 is 0 Å². The number of nitrogens with two attached hydrogens (primary N) is 1. The average Bonchev–Trinajstić information content (AvgIpc) is 2.53. The van der Waals surface area contributed by atoms with Crippen LogP contribution in [-0.4, -0.2) is 26.2 Å². The molecule has 0 unspecified atom stereocenters. The third-order valence-electron chi connectivity index (χ3n) is 3.09. The molecule has 3 N–H and O–H groups in total. The lowest BCUT2D eigenvalue weighted by molar-refractivity contribution is 0.326. The molecule has 2 aromatic carbocycles. The van der Waals surface area contributed by atoms with Crippen LogP contribution in [0, 0.1) is 6.92 Å². The summed E-state index contributed by atoms with van der Waals surface area (Å²) in [5.74, 6) is 1.92. The van der Waals surface area contributed by atoms with Gasteiger partial charge in [0.15, 0.2) is 5.96 Å². The summed E-state index contributed by atoms with van der Waals surface area (Å²) in [6.07, 6.45) is 0. The zero-order valence-electron chi connectivity index (χ0n) is 12.9. The van der Waals surface area contributed by atoms with Crippen molar-refractivity contribution in [3.8, 4) is 11.5 Å². The van der Waals surface area contributed by atoms with E-state index in [1.807, 2.05) is 55.5 Å². The highest BCUT2D eigenvalue weighted by molar-refractivity contribution is 5.93. The van der Waals surface area contributed by atoms with E-state index in [9.17, 15) is 0 Å². The van der Waals surface area contributed by atoms with Gasteiger partial charge in [-0.05, 0) is 30.7 Å². The molecule has 0 spiro atoms. The third-order valence-corrected chi connectivity index (χ3v) is 3.09. The normalized spacial score (nSPS) is 11.1. The Balaban J connectivity index is 1.84. The zero-order valence-corrected chi connectivity index (χ0v) is 12.9. The summed E-state index contributed by atoms with van der Waals surface area (Å²) >= 11 is 0. The van der Waals surface area contributed by atoms with E-state index in [0.29, 0.717) is 19.1 Å². The average molecular weight is 299 g/mol. The van der Waals surface area contributed by atoms with Crippen LogP contribution in [0.15, 0.2) is 53.5 Å². The smallest absolute Gasteiger partial charge is 0.193 e. The maximum absolute atomic E-state index is 5.87. The molecule has 0 aliphatic heterocycles. The number of anilines is 1. The van der Waals surface area contributed by atoms with E-state index in [2.05, 4.69) is 10.3 Å². The second kappa shape index (κ2) is 7.93. The van der Waals surface area contributed by atoms with Gasteiger partial charge in [-0.15, -0.1) is 0 Å². The van der Waals surface area contributed by atoms with Crippen LogP contribution in [0.25, 0.3) is 0 Å². The van der Waals surface area contributed by atoms with Gasteiger partial charge in [0.1, 0.15) is 18.1 Å². The summed E-state index contributed by atoms with van der Waals surface area (Å²) in [5, 5.41) is 3.02. The Hall–Kier alpha value is -2.69. The predicted octanol–water partition coefficient (Wildman–Crippen LogP) is 2.81. The predicted molar refractivity (Wildman–Crippen MR) is 89.8 cm³/mol. The largest absolute Gasteiger partial charge is 0.495 e. The zero-order chi connectivity index (χ0) is 15.8. The highest BCUT2D eigenvalue weighted by Gasteiger charge is 2.02. The molecule has 0 heterocycles. The van der Waals surface area contributed by atoms with Crippen LogP contribution in [0.5, 0.6) is 11.5 Å². The number of para-hydroxylation sites is 3. The number of nitrogens with one attached hydrogen (secondary N) is 1. The number of nitrogens with zero attached hydrogens (tertiary/aromatic N) is 1. The SMILES string of the molecule is COc1ccccc1NC(N)=NCCOc1ccccc1C. The fourth-order valence-corrected chi connectivity index (χ4v) is 1.97. The number of hydrogen-bond donors (Lipinski definition) is 2. The fourth-order valence-electron chi connectivity index (χ4n) is 1.97. The molecule has 2 rings (SSSR count). The first kappa shape index (κ1) is 15.7. The molecule has 116 valence electrons. The first-order valence-corrected chi connectivity index (χ1v) is 7.09. The van der Waals surface area contributed by atoms with Gasteiger partial charge >= 0.3 is 0 Å². The van der Waals surface area contributed by atoms with E-state index >= 15 is 0 Å². The quantitative estimate of drug-likeness (QED) is 0.489. The first-order valence-electron chi connectivity index (χ1n) is 7.09. The molecule has 0 aromatic heterocycles. The molecule has 22 heavy (non-hydrogen) atoms. The van der Waals surface area contributed by atoms with Gasteiger partial charge in [-0.1, -0.05) is 30.3 Å². The Labute approximate surface area is 130 Å². The molecular formula is C17H21N3O2. The molecule has 0 aliphatic carbocycles. The molecule has 0 aliphatic rings. The second-order valence-electron chi connectivity index (χ2n) is 4.71. The van der Waals surface area contributed by atoms with Crippen molar-refractivity contribution in [2.24, 2.45) is 10.7 Å². The minimum Gasteiger partial charge on any atom is -0.495 e. The van der Waals surface area contributed by atoms with Gasteiger partial charge in [0.2, 0.25) is 0 Å². The summed E-state index contributed by atoms with van der Waals surface area (Å²) in [6.45, 7) is 2.96. The summed E-state index contributed by atoms with van der Waals surface area (Å²) < 4.78 is 10.9. The van der Waals surface area contributed by atoms with Crippen LogP contribution in [-0.2, 0) is 0 Å². The Morgan fingerprint density at radius 2 is 1.77 bits per heavy atom. The van der Waals surface area contributed by atoms with E-state index in [-0.39, 0.29) is 0 Å². The Kier molecular flexibility index (Phi) is 5.65. The molecule has 5 heteroatoms. The summed E-state index contributed by atoms with van der Waals surface area (Å²) in [6, 6.07) is 15.4. The van der Waals surface area contributed by atoms with Crippen LogP contribution in [0.3, 0.4) is 0 Å². The van der Waals surface area contributed by atoms with E-state index in [4.69, 9.17) is 15.2 Å². The molecule has 5 nitrogen and oxygen atoms in total. The molecule has 0 amide bonds. The second-order valence-corrected chi connectivity index (χ2v) is 4.71. The van der Waals surface area contributed by atoms with Crippen LogP contribution in [0.4, 0.5) is 5.69 Å². The number of guanidine groups is 1. The van der Waals surface area contributed by atoms with Crippen molar-refractivity contribution in [1.29, 1.82) is 0 Å². The lowest BCUT2D eigenvalue weighted by Gasteiger charge is -2.10. The molecule has 2 aromatic rings. The van der Waals surface area contributed by atoms with Gasteiger partial charge in [-0.3, -0.25) is 0 Å². The number of rotatable bonds is 6. The standard InChI is InChI=1S/C17H21N3O2/c1-13-7-3-5-9-15(13)22-12-11-19-17(18)20-14-8-4-6-10-16(14)21-2/h3-10H,11-12H2,1-2H3,(H3,18,19,20). The van der Waals surface area contributed by atoms with Crippen molar-refractivity contribution >= 4 is 11.6 Å². The number of methoxy groups -OCH3 is 1. The maximum Gasteiger partial charge on any atom is 0.193 e. The lowest BCUT2D eigenvalue weighted by Crippen LogP contribution is -2.23. The van der Waals surface area contributed by atoms with Gasteiger partial charge in [0.25, 0.3) is 0 Å². The molecular weight excluding hydrogens is 278 g/mol. The molecule has 0 saturated carbocycles. The molecule has 0 radical (unpaired) electrons. The summed E-state index contributed by atoms with van der Waals surface area (Å²) in [7, 11) is 1.61. The van der Waals surface area contributed by atoms with Gasteiger partial charge in [-0.25, -0.2) is 4.99 Å². The number of ether oxygens (including phenoxy) is 2. The van der Waals surface area contributed by atoms with Crippen LogP contribution in [0.2, 0.25) is 0 Å². The van der Waals surface area contributed by atoms with Crippen molar-refractivity contribution in [3.05, 3.63) is 54.1 Å². The Bertz CT molecular complexity index is 641. The first-order chi connectivity index (χ1) is 10.7. The fraction of sp³-hybridized carbons (Fsp3) is 0.235. The van der Waals surface area contributed by atoms with Crippen LogP contribution >= 0.6 is 0 Å². The molecule has 0 atom stereocenters. The van der Waals surface area contributed by atoms with Gasteiger partial charge < -0.3 is 20.5 Å². The van der Waals surface area contributed by atoms with Gasteiger partial charge in [0.05, 0.1) is 19.3 Å². The van der Waals surface area contributed by atoms with Crippen molar-refractivity contribution in [2.75, 3.05) is 25.6 Å². The topological polar surface area (TPSA) is 68.9 Å². The molecule has 0 fully saturated rings. The van der Waals surface area contributed by atoms with Crippen molar-refractivity contribution in [2.45, 2.75) is 6.92 Å². The summed E-state index contributed by atoms with van der Waals surface area (Å²) in [5.41, 5.74) is 7.75. The highest BCUT2D eigenvalue weighted by Crippen LogP contribution is 2.22. The number of aliphatic imine (C=N–C) groups is 1. The van der Waals surface area contributed by atoms with Crippen LogP contribution in [0.1, 0.15) is 5.56 Å². The van der Waals surface area contributed by atoms with Gasteiger partial charge in [-0.2, -0.15) is 0 Å². The van der Waals surface area contributed by atoms with Crippen LogP contribution < -0.4 is 20.5 Å². The van der Waals surface area contributed by atoms with E-state index in [1.165, 1.54) is 0 Å². The number of benzene rings is 2. The third kappa shape index (κ3) is 4.41. The van der Waals surface area contributed by atoms with Crippen molar-refractivity contribution in [3.63, 3.8) is 0 Å². The number of hydrogen-bond acceptors (Lipinski definition) is 3. The summed E-state index contributed by atoms with van der Waals surface area (Å²) in [4.78, 5) is 4.24. The Morgan fingerprint density at radius 3 is 2.50 bits per heavy atom. The monoisotopic (exact) mass is 299 g/mol. The maximum atomic E-state index is 5.87. The van der Waals surface area contributed by atoms with E-state index in [1.54, 1.807) is 7.11 Å². The van der Waals surface area contributed by atoms with E-state index in [0.717, 1.165) is 22.7 Å². The lowest BCUT2D eigenvalue weighted by atomic mass is 10.2. The minimum atomic E-state index is 0.331. The van der Waals surface area contributed by atoms with Crippen molar-refractivity contribution in [1.82, 2.24) is 0 Å². The number of aryl methyl sites for hydroxylation is 1. The molecule has 0 saturated heterocycles. The highest BCUT2D eigenvalue weighted by atomic mass is 16.5.